The number of hydrogen-bond acceptors (Lipinski definition) is 11. The Morgan fingerprint density at radius 2 is 0.826 bits per heavy atom. The first-order valence-corrected chi connectivity index (χ1v) is 37.8. The summed E-state index contributed by atoms with van der Waals surface area (Å²) < 4.78 is 158. The number of fused-ring (bicyclic) bond motifs is 3. The lowest BCUT2D eigenvalue weighted by Crippen LogP contribution is -2.45. The van der Waals surface area contributed by atoms with Crippen molar-refractivity contribution in [2.24, 2.45) is 0 Å². The van der Waals surface area contributed by atoms with Crippen LogP contribution in [0.1, 0.15) is 247 Å². The van der Waals surface area contributed by atoms with Crippen molar-refractivity contribution in [3.63, 3.8) is 0 Å². The first-order chi connectivity index (χ1) is 50.7. The van der Waals surface area contributed by atoms with Gasteiger partial charge in [-0.3, -0.25) is 19.4 Å². The average molecular weight is 1550 g/mol. The van der Waals surface area contributed by atoms with Gasteiger partial charge in [0, 0.05) is 37.6 Å². The Bertz CT molecular complexity index is 4210. The van der Waals surface area contributed by atoms with Crippen LogP contribution in [0.3, 0.4) is 0 Å². The van der Waals surface area contributed by atoms with Gasteiger partial charge in [-0.2, -0.15) is 39.5 Å². The van der Waals surface area contributed by atoms with E-state index in [2.05, 4.69) is 5.32 Å². The summed E-state index contributed by atoms with van der Waals surface area (Å²) in [6.45, 7) is 23.3. The van der Waals surface area contributed by atoms with Crippen LogP contribution >= 0.6 is 12.4 Å². The molecule has 3 fully saturated rings. The Balaban J connectivity index is 0.000000195. The van der Waals surface area contributed by atoms with E-state index in [1.165, 1.54) is 28.7 Å². The van der Waals surface area contributed by atoms with E-state index in [0.29, 0.717) is 76.5 Å². The number of benzene rings is 6. The highest BCUT2D eigenvalue weighted by atomic mass is 35.5. The lowest BCUT2D eigenvalue weighted by atomic mass is 9.91. The molecule has 3 saturated carbocycles. The maximum atomic E-state index is 14.0. The van der Waals surface area contributed by atoms with Crippen LogP contribution in [0.25, 0.3) is 0 Å². The molecule has 0 radical (unpaired) electrons. The first kappa shape index (κ1) is 84.7. The molecule has 6 aliphatic rings. The van der Waals surface area contributed by atoms with Crippen molar-refractivity contribution in [2.75, 3.05) is 47.8 Å². The average Bonchev–Trinajstić information content (AvgIpc) is 1.77. The number of nitrogens with zero attached hydrogens (tertiary/aromatic N) is 3. The molecule has 594 valence electrons. The third-order valence-electron chi connectivity index (χ3n) is 20.8. The lowest BCUT2D eigenvalue weighted by molar-refractivity contribution is -0.155. The molecule has 24 heteroatoms. The summed E-state index contributed by atoms with van der Waals surface area (Å²) in [4.78, 5) is 55.9. The van der Waals surface area contributed by atoms with Gasteiger partial charge in [-0.15, -0.1) is 12.4 Å². The highest BCUT2D eigenvalue weighted by Gasteiger charge is 2.41. The van der Waals surface area contributed by atoms with E-state index >= 15 is 0 Å². The maximum absolute atomic E-state index is 14.0. The number of amides is 3. The molecule has 3 aliphatic carbocycles. The summed E-state index contributed by atoms with van der Waals surface area (Å²) in [5.41, 5.74) is 7.48. The van der Waals surface area contributed by atoms with Crippen LogP contribution in [-0.2, 0) is 81.4 Å². The molecule has 3 aliphatic heterocycles. The molecule has 0 spiro atoms. The normalized spacial score (nSPS) is 16.0. The molecule has 0 bridgehead atoms. The maximum Gasteiger partial charge on any atom is 0.416 e. The van der Waals surface area contributed by atoms with Gasteiger partial charge in [-0.05, 0) is 280 Å². The van der Waals surface area contributed by atoms with Crippen molar-refractivity contribution in [2.45, 2.75) is 259 Å². The summed E-state index contributed by atoms with van der Waals surface area (Å²) in [5.74, 6) is 0.999. The second-order valence-electron chi connectivity index (χ2n) is 32.2. The minimum Gasteiger partial charge on any atom is -0.489 e. The van der Waals surface area contributed by atoms with Gasteiger partial charge in [0.2, 0.25) is 5.91 Å². The van der Waals surface area contributed by atoms with Gasteiger partial charge in [-0.1, -0.05) is 74.9 Å². The van der Waals surface area contributed by atoms with Crippen molar-refractivity contribution in [3.05, 3.63) is 174 Å². The molecule has 0 unspecified atom stereocenters. The molecule has 6 aromatic carbocycles. The number of rotatable bonds is 17. The fourth-order valence-electron chi connectivity index (χ4n) is 15.6. The Kier molecular flexibility index (Phi) is 27.1. The molecule has 12 rings (SSSR count). The Morgan fingerprint density at radius 1 is 0.459 bits per heavy atom. The predicted octanol–water partition coefficient (Wildman–Crippen LogP) is 22.3. The summed E-state index contributed by atoms with van der Waals surface area (Å²) in [6.07, 6.45) is -1.43. The van der Waals surface area contributed by atoms with E-state index in [4.69, 9.17) is 28.4 Å². The number of ether oxygens (including phenoxy) is 6. The Hall–Kier alpha value is -8.34. The molecule has 6 aromatic rings. The van der Waals surface area contributed by atoms with Crippen molar-refractivity contribution in [1.82, 2.24) is 4.90 Å². The van der Waals surface area contributed by atoms with Crippen LogP contribution in [0.4, 0.5) is 66.2 Å². The largest absolute Gasteiger partial charge is 0.489 e. The van der Waals surface area contributed by atoms with Crippen molar-refractivity contribution in [1.29, 1.82) is 0 Å². The monoisotopic (exact) mass is 1550 g/mol. The minimum atomic E-state index is -4.44. The lowest BCUT2D eigenvalue weighted by Gasteiger charge is -2.29. The van der Waals surface area contributed by atoms with Gasteiger partial charge < -0.3 is 38.6 Å². The minimum absolute atomic E-state index is 0. The zero-order valence-corrected chi connectivity index (χ0v) is 65.4. The number of halogens is 10. The SMILES string of the molecule is Cc1c(OCc2ccc(C3CCCC3)c(C(F)(F)F)c2)ccc2c1CCN2.Cc1c(OCc2ccc(C3CCCC3)c(C(F)(F)F)c2)ccc2c1CCN2C(=O)CN(CCC(=O)OC(C)(C)C)C(=O)OC(C)(C)C.Cc1c(OCc2ccc(C3CCCC3)c(C(F)(F)F)c2)ccc2c1CCN2C(=O)OC(C)(C)C.Cl. The number of carbonyl (C=O) groups excluding carboxylic acids is 4. The fourth-order valence-corrected chi connectivity index (χ4v) is 15.6. The van der Waals surface area contributed by atoms with Gasteiger partial charge in [0.05, 0.1) is 28.8 Å². The van der Waals surface area contributed by atoms with Gasteiger partial charge in [0.25, 0.3) is 0 Å². The van der Waals surface area contributed by atoms with Crippen molar-refractivity contribution in [3.8, 4) is 17.2 Å². The van der Waals surface area contributed by atoms with E-state index in [-0.39, 0.29) is 81.5 Å². The van der Waals surface area contributed by atoms with E-state index in [1.807, 2.05) is 59.7 Å². The first-order valence-electron chi connectivity index (χ1n) is 37.8. The second-order valence-corrected chi connectivity index (χ2v) is 32.2. The molecule has 0 saturated heterocycles. The Morgan fingerprint density at radius 3 is 1.21 bits per heavy atom. The molecule has 0 aromatic heterocycles. The standard InChI is InChI=1S/C36H47F3N2O6.C27H32F3NO3.C22H24F3NO.ClH/c1-23-26-16-19-41(31(42)21-40(33(44)47-35(5,6)7)18-17-32(43)46-34(2,3)4)29(26)14-15-30(23)45-22-24-12-13-27(25-10-8-9-11-25)28(20-24)36(37,38)39;1-17-20-13-14-31(25(32)34-26(2,3)4)23(20)11-12-24(17)33-16-18-9-10-21(19-7-5-6-8-19)22(15-18)27(28,29)30;1-14-17-10-11-26-20(17)8-9-21(14)27-13-15-6-7-18(16-4-2-3-5-16)19(12-15)22(23,24)25;/h12-15,20,25H,8-11,16-19,21-22H2,1-7H3;9-12,15,19H,5-8,13-14,16H2,1-4H3;6-9,12,16,26H,2-5,10-11,13H2,1H3;1H. The van der Waals surface area contributed by atoms with Gasteiger partial charge in [-0.25, -0.2) is 9.59 Å². The molecule has 0 atom stereocenters. The number of nitrogens with one attached hydrogen (secondary N) is 1. The summed E-state index contributed by atoms with van der Waals surface area (Å²) in [7, 11) is 0. The molecule has 3 amide bonds. The summed E-state index contributed by atoms with van der Waals surface area (Å²) >= 11 is 0. The number of anilines is 3. The predicted molar refractivity (Wildman–Crippen MR) is 406 cm³/mol. The van der Waals surface area contributed by atoms with Crippen LogP contribution in [0.5, 0.6) is 17.2 Å². The number of hydrogen-bond donors (Lipinski definition) is 1. The third-order valence-corrected chi connectivity index (χ3v) is 20.8. The third kappa shape index (κ3) is 22.0. The summed E-state index contributed by atoms with van der Waals surface area (Å²) in [5, 5.41) is 3.32. The van der Waals surface area contributed by atoms with Crippen LogP contribution in [0.2, 0.25) is 0 Å². The molecular weight excluding hydrogens is 1440 g/mol. The van der Waals surface area contributed by atoms with Crippen LogP contribution < -0.4 is 29.3 Å². The van der Waals surface area contributed by atoms with E-state index in [9.17, 15) is 58.7 Å². The quantitative estimate of drug-likeness (QED) is 0.0529. The van der Waals surface area contributed by atoms with Gasteiger partial charge >= 0.3 is 36.7 Å². The fraction of sp³-hybridized carbons (Fsp3) is 0.529. The van der Waals surface area contributed by atoms with E-state index < -0.39 is 64.1 Å². The Labute approximate surface area is 640 Å². The molecule has 3 heterocycles. The number of esters is 1. The van der Waals surface area contributed by atoms with Crippen molar-refractivity contribution < 1.29 is 87.1 Å². The van der Waals surface area contributed by atoms with Crippen LogP contribution in [-0.4, -0.2) is 78.5 Å². The topological polar surface area (TPSA) is 145 Å². The van der Waals surface area contributed by atoms with Crippen LogP contribution in [0, 0.1) is 20.8 Å². The molecule has 1 N–H and O–H groups in total. The zero-order chi connectivity index (χ0) is 78.4. The zero-order valence-electron chi connectivity index (χ0n) is 64.6. The molecule has 109 heavy (non-hydrogen) atoms. The van der Waals surface area contributed by atoms with Crippen LogP contribution in [0.15, 0.2) is 91.0 Å². The number of carbonyl (C=O) groups is 4. The summed E-state index contributed by atoms with van der Waals surface area (Å²) in [6, 6.07) is 24.8. The highest BCUT2D eigenvalue weighted by molar-refractivity contribution is 5.98. The second kappa shape index (κ2) is 34.9. The number of alkyl halides is 9. The molecular formula is C85H104ClF9N4O10. The van der Waals surface area contributed by atoms with E-state index in [1.54, 1.807) is 106 Å². The smallest absolute Gasteiger partial charge is 0.416 e. The van der Waals surface area contributed by atoms with Crippen molar-refractivity contribution >= 4 is 53.5 Å². The van der Waals surface area contributed by atoms with E-state index in [0.717, 1.165) is 135 Å². The molecule has 14 nitrogen and oxygen atoms in total. The van der Waals surface area contributed by atoms with Gasteiger partial charge in [0.15, 0.2) is 0 Å². The highest BCUT2D eigenvalue weighted by Crippen LogP contribution is 2.47. The van der Waals surface area contributed by atoms with Gasteiger partial charge in [0.1, 0.15) is 60.4 Å².